The molecular weight excluding hydrogens is 360 g/mol. The predicted octanol–water partition coefficient (Wildman–Crippen LogP) is 8.48. The van der Waals surface area contributed by atoms with E-state index in [4.69, 9.17) is 11.6 Å². The van der Waals surface area contributed by atoms with Crippen LogP contribution in [0.5, 0.6) is 0 Å². The van der Waals surface area contributed by atoms with E-state index < -0.39 is 0 Å². The van der Waals surface area contributed by atoms with E-state index in [-0.39, 0.29) is 0 Å². The van der Waals surface area contributed by atoms with Crippen LogP contribution in [-0.4, -0.2) is 0 Å². The van der Waals surface area contributed by atoms with Crippen molar-refractivity contribution in [2.24, 2.45) is 0 Å². The van der Waals surface area contributed by atoms with Crippen molar-refractivity contribution in [3.63, 3.8) is 0 Å². The summed E-state index contributed by atoms with van der Waals surface area (Å²) < 4.78 is 0. The summed E-state index contributed by atoms with van der Waals surface area (Å²) in [6, 6.07) is 30.5. The minimum absolute atomic E-state index is 0.618. The third-order valence-corrected chi connectivity index (χ3v) is 6.32. The smallest absolute Gasteiger partial charge is 0.0409 e. The maximum atomic E-state index is 6.43. The first-order valence-electron chi connectivity index (χ1n) is 10.2. The molecule has 0 unspecified atom stereocenters. The van der Waals surface area contributed by atoms with Gasteiger partial charge in [0, 0.05) is 5.02 Å². The molecule has 0 heterocycles. The second-order valence-electron chi connectivity index (χ2n) is 7.79. The third kappa shape index (κ3) is 3.12. The highest BCUT2D eigenvalue weighted by molar-refractivity contribution is 6.30. The van der Waals surface area contributed by atoms with E-state index in [1.54, 1.807) is 0 Å². The van der Waals surface area contributed by atoms with Crippen molar-refractivity contribution < 1.29 is 0 Å². The largest absolute Gasteiger partial charge is 0.0843 e. The number of halogens is 1. The molecule has 138 valence electrons. The van der Waals surface area contributed by atoms with Gasteiger partial charge in [0.05, 0.1) is 0 Å². The molecule has 5 rings (SSSR count). The first-order chi connectivity index (χ1) is 13.8. The van der Waals surface area contributed by atoms with Crippen molar-refractivity contribution in [2.75, 3.05) is 0 Å². The Morgan fingerprint density at radius 1 is 0.643 bits per heavy atom. The molecule has 1 saturated carbocycles. The number of hydrogen-bond acceptors (Lipinski definition) is 0. The molecule has 1 aliphatic carbocycles. The van der Waals surface area contributed by atoms with Gasteiger partial charge >= 0.3 is 0 Å². The van der Waals surface area contributed by atoms with Gasteiger partial charge in [0.1, 0.15) is 0 Å². The first-order valence-corrected chi connectivity index (χ1v) is 10.6. The van der Waals surface area contributed by atoms with Gasteiger partial charge in [0.25, 0.3) is 0 Å². The molecule has 4 aromatic carbocycles. The molecule has 4 aromatic rings. The molecule has 1 heteroatoms. The maximum Gasteiger partial charge on any atom is 0.0409 e. The van der Waals surface area contributed by atoms with Crippen molar-refractivity contribution in [1.82, 2.24) is 0 Å². The van der Waals surface area contributed by atoms with Crippen LogP contribution < -0.4 is 0 Å². The van der Waals surface area contributed by atoms with Gasteiger partial charge in [-0.1, -0.05) is 97.2 Å². The van der Waals surface area contributed by atoms with Gasteiger partial charge < -0.3 is 0 Å². The van der Waals surface area contributed by atoms with Crippen LogP contribution in [0.15, 0.2) is 84.9 Å². The van der Waals surface area contributed by atoms with Crippen LogP contribution in [0.4, 0.5) is 0 Å². The van der Waals surface area contributed by atoms with Crippen molar-refractivity contribution in [2.45, 2.75) is 31.6 Å². The molecular formula is C27H23Cl. The monoisotopic (exact) mass is 382 g/mol. The molecule has 0 saturated heterocycles. The average molecular weight is 383 g/mol. The van der Waals surface area contributed by atoms with Crippen molar-refractivity contribution in [3.05, 3.63) is 95.5 Å². The summed E-state index contributed by atoms with van der Waals surface area (Å²) in [5, 5.41) is 3.46. The van der Waals surface area contributed by atoms with Crippen molar-refractivity contribution in [3.8, 4) is 22.3 Å². The Kier molecular flexibility index (Phi) is 4.66. The van der Waals surface area contributed by atoms with Crippen LogP contribution in [0.3, 0.4) is 0 Å². The molecule has 28 heavy (non-hydrogen) atoms. The van der Waals surface area contributed by atoms with Gasteiger partial charge in [-0.15, -0.1) is 0 Å². The van der Waals surface area contributed by atoms with Crippen LogP contribution >= 0.6 is 11.6 Å². The molecule has 0 nitrogen and oxygen atoms in total. The zero-order valence-electron chi connectivity index (χ0n) is 15.9. The molecule has 0 aromatic heterocycles. The molecule has 0 radical (unpaired) electrons. The van der Waals surface area contributed by atoms with Gasteiger partial charge in [0.2, 0.25) is 0 Å². The number of fused-ring (bicyclic) bond motifs is 1. The van der Waals surface area contributed by atoms with Crippen LogP contribution in [0, 0.1) is 0 Å². The fourth-order valence-corrected chi connectivity index (χ4v) is 4.96. The van der Waals surface area contributed by atoms with E-state index in [1.807, 2.05) is 6.07 Å². The normalized spacial score (nSPS) is 14.6. The minimum Gasteiger partial charge on any atom is -0.0843 e. The Bertz CT molecular complexity index is 1120. The summed E-state index contributed by atoms with van der Waals surface area (Å²) in [6.07, 6.45) is 5.18. The Hall–Kier alpha value is -2.57. The zero-order chi connectivity index (χ0) is 18.9. The molecule has 0 spiro atoms. The summed E-state index contributed by atoms with van der Waals surface area (Å²) in [5.74, 6) is 0.618. The Morgan fingerprint density at radius 2 is 1.36 bits per heavy atom. The van der Waals surface area contributed by atoms with Gasteiger partial charge in [-0.3, -0.25) is 0 Å². The maximum absolute atomic E-state index is 6.43. The van der Waals surface area contributed by atoms with E-state index in [0.717, 1.165) is 5.02 Å². The fraction of sp³-hybridized carbons (Fsp3) is 0.185. The highest BCUT2D eigenvalue weighted by Gasteiger charge is 2.22. The average Bonchev–Trinajstić information content (AvgIpc) is 3.28. The second-order valence-corrected chi connectivity index (χ2v) is 8.22. The van der Waals surface area contributed by atoms with E-state index in [2.05, 4.69) is 78.9 Å². The van der Waals surface area contributed by atoms with E-state index in [9.17, 15) is 0 Å². The van der Waals surface area contributed by atoms with E-state index >= 15 is 0 Å². The standard InChI is InChI=1S/C27H23Cl/c28-22-16-17-24(26(18-22)20-10-4-5-11-20)25-15-7-13-21-12-6-14-23(27(21)25)19-8-2-1-3-9-19/h1-3,6-9,12-18,20H,4-5,10-11H2. The number of benzene rings is 4. The van der Waals surface area contributed by atoms with Crippen LogP contribution in [0.25, 0.3) is 33.0 Å². The highest BCUT2D eigenvalue weighted by atomic mass is 35.5. The summed E-state index contributed by atoms with van der Waals surface area (Å²) in [6.45, 7) is 0. The SMILES string of the molecule is Clc1ccc(-c2cccc3cccc(-c4ccccc4)c23)c(C2CCCC2)c1. The van der Waals surface area contributed by atoms with Gasteiger partial charge in [-0.25, -0.2) is 0 Å². The zero-order valence-corrected chi connectivity index (χ0v) is 16.6. The summed E-state index contributed by atoms with van der Waals surface area (Å²) >= 11 is 6.43. The lowest BCUT2D eigenvalue weighted by Gasteiger charge is -2.19. The molecule has 0 atom stereocenters. The van der Waals surface area contributed by atoms with E-state index in [0.29, 0.717) is 5.92 Å². The van der Waals surface area contributed by atoms with Crippen LogP contribution in [0.2, 0.25) is 5.02 Å². The summed E-state index contributed by atoms with van der Waals surface area (Å²) in [4.78, 5) is 0. The molecule has 0 aliphatic heterocycles. The lowest BCUT2D eigenvalue weighted by atomic mass is 9.85. The summed E-state index contributed by atoms with van der Waals surface area (Å²) in [7, 11) is 0. The minimum atomic E-state index is 0.618. The van der Waals surface area contributed by atoms with Crippen molar-refractivity contribution in [1.29, 1.82) is 0 Å². The van der Waals surface area contributed by atoms with Crippen LogP contribution in [-0.2, 0) is 0 Å². The predicted molar refractivity (Wildman–Crippen MR) is 121 cm³/mol. The highest BCUT2D eigenvalue weighted by Crippen LogP contribution is 2.43. The Morgan fingerprint density at radius 3 is 2.11 bits per heavy atom. The molecule has 0 amide bonds. The molecule has 0 N–H and O–H groups in total. The Balaban J connectivity index is 1.79. The summed E-state index contributed by atoms with van der Waals surface area (Å²) in [5.41, 5.74) is 6.62. The van der Waals surface area contributed by atoms with E-state index in [1.165, 1.54) is 64.3 Å². The lowest BCUT2D eigenvalue weighted by molar-refractivity contribution is 0.725. The number of hydrogen-bond donors (Lipinski definition) is 0. The van der Waals surface area contributed by atoms with Gasteiger partial charge in [-0.2, -0.15) is 0 Å². The van der Waals surface area contributed by atoms with Gasteiger partial charge in [-0.05, 0) is 69.5 Å². The number of rotatable bonds is 3. The second kappa shape index (κ2) is 7.45. The van der Waals surface area contributed by atoms with Gasteiger partial charge in [0.15, 0.2) is 0 Å². The molecule has 0 bridgehead atoms. The lowest BCUT2D eigenvalue weighted by Crippen LogP contribution is -1.97. The topological polar surface area (TPSA) is 0 Å². The van der Waals surface area contributed by atoms with Crippen molar-refractivity contribution >= 4 is 22.4 Å². The quantitative estimate of drug-likeness (QED) is 0.333. The first kappa shape index (κ1) is 17.5. The fourth-order valence-electron chi connectivity index (χ4n) is 4.78. The van der Waals surface area contributed by atoms with Crippen LogP contribution in [0.1, 0.15) is 37.2 Å². The molecule has 1 aliphatic rings. The third-order valence-electron chi connectivity index (χ3n) is 6.09. The Labute approximate surface area is 171 Å². The molecule has 1 fully saturated rings.